The third-order valence-corrected chi connectivity index (χ3v) is 3.46. The molecule has 14 heavy (non-hydrogen) atoms. The van der Waals surface area contributed by atoms with Crippen molar-refractivity contribution in [2.45, 2.75) is 39.7 Å². The van der Waals surface area contributed by atoms with Gasteiger partial charge in [0.2, 0.25) is 0 Å². The lowest BCUT2D eigenvalue weighted by atomic mass is 10.0. The van der Waals surface area contributed by atoms with E-state index in [-0.39, 0.29) is 0 Å². The first-order valence-corrected chi connectivity index (χ1v) is 6.28. The largest absolute Gasteiger partial charge is 0.314 e. The van der Waals surface area contributed by atoms with Gasteiger partial charge in [0.05, 0.1) is 11.2 Å². The van der Waals surface area contributed by atoms with Crippen LogP contribution in [0.15, 0.2) is 10.9 Å². The third kappa shape index (κ3) is 3.76. The van der Waals surface area contributed by atoms with E-state index < -0.39 is 0 Å². The van der Waals surface area contributed by atoms with Gasteiger partial charge >= 0.3 is 0 Å². The molecule has 0 spiro atoms. The molecule has 0 amide bonds. The van der Waals surface area contributed by atoms with Gasteiger partial charge in [0.1, 0.15) is 0 Å². The van der Waals surface area contributed by atoms with E-state index in [2.05, 4.69) is 36.5 Å². The van der Waals surface area contributed by atoms with Gasteiger partial charge in [-0.3, -0.25) is 0 Å². The van der Waals surface area contributed by atoms with Gasteiger partial charge in [0.25, 0.3) is 0 Å². The summed E-state index contributed by atoms with van der Waals surface area (Å²) in [6.45, 7) is 7.83. The van der Waals surface area contributed by atoms with Crippen LogP contribution >= 0.6 is 11.3 Å². The average molecular weight is 212 g/mol. The van der Waals surface area contributed by atoms with Crippen molar-refractivity contribution in [3.8, 4) is 0 Å². The summed E-state index contributed by atoms with van der Waals surface area (Å²) in [6, 6.07) is 0.610. The highest BCUT2D eigenvalue weighted by Gasteiger charge is 2.08. The molecule has 2 unspecified atom stereocenters. The Kier molecular flexibility index (Phi) is 5.12. The van der Waals surface area contributed by atoms with Crippen LogP contribution in [0.1, 0.15) is 32.9 Å². The standard InChI is InChI=1S/C11H20N2S/c1-4-9(2)10(3)12-6-5-11-7-14-8-13-11/h7-10,12H,4-6H2,1-3H3. The Morgan fingerprint density at radius 2 is 2.29 bits per heavy atom. The highest BCUT2D eigenvalue weighted by molar-refractivity contribution is 7.07. The van der Waals surface area contributed by atoms with Crippen molar-refractivity contribution in [1.29, 1.82) is 0 Å². The second-order valence-corrected chi connectivity index (χ2v) is 4.58. The number of nitrogens with one attached hydrogen (secondary N) is 1. The molecule has 0 saturated carbocycles. The van der Waals surface area contributed by atoms with Gasteiger partial charge in [0.15, 0.2) is 0 Å². The smallest absolute Gasteiger partial charge is 0.0794 e. The van der Waals surface area contributed by atoms with E-state index in [1.165, 1.54) is 12.1 Å². The average Bonchev–Trinajstić information content (AvgIpc) is 2.69. The van der Waals surface area contributed by atoms with Gasteiger partial charge in [-0.05, 0) is 12.8 Å². The fraction of sp³-hybridized carbons (Fsp3) is 0.727. The van der Waals surface area contributed by atoms with Gasteiger partial charge in [-0.1, -0.05) is 20.3 Å². The van der Waals surface area contributed by atoms with Crippen LogP contribution in [0.2, 0.25) is 0 Å². The fourth-order valence-corrected chi connectivity index (χ4v) is 1.94. The Balaban J connectivity index is 2.15. The van der Waals surface area contributed by atoms with Crippen LogP contribution in [-0.4, -0.2) is 17.6 Å². The normalized spacial score (nSPS) is 15.4. The number of hydrogen-bond donors (Lipinski definition) is 1. The molecular weight excluding hydrogens is 192 g/mol. The van der Waals surface area contributed by atoms with E-state index >= 15 is 0 Å². The lowest BCUT2D eigenvalue weighted by Crippen LogP contribution is -2.33. The van der Waals surface area contributed by atoms with Crippen molar-refractivity contribution in [1.82, 2.24) is 10.3 Å². The summed E-state index contributed by atoms with van der Waals surface area (Å²) in [5, 5.41) is 5.66. The monoisotopic (exact) mass is 212 g/mol. The number of hydrogen-bond acceptors (Lipinski definition) is 3. The maximum absolute atomic E-state index is 4.26. The molecule has 0 saturated heterocycles. The first-order valence-electron chi connectivity index (χ1n) is 5.34. The minimum absolute atomic E-state index is 0.610. The quantitative estimate of drug-likeness (QED) is 0.784. The van der Waals surface area contributed by atoms with Crippen LogP contribution in [0.5, 0.6) is 0 Å². The first-order chi connectivity index (χ1) is 6.74. The summed E-state index contributed by atoms with van der Waals surface area (Å²) >= 11 is 1.67. The van der Waals surface area contributed by atoms with E-state index in [0.29, 0.717) is 6.04 Å². The Bertz CT molecular complexity index is 233. The van der Waals surface area contributed by atoms with Gasteiger partial charge in [-0.2, -0.15) is 0 Å². The molecule has 3 heteroatoms. The van der Waals surface area contributed by atoms with E-state index in [0.717, 1.165) is 18.9 Å². The fourth-order valence-electron chi connectivity index (χ4n) is 1.34. The zero-order valence-corrected chi connectivity index (χ0v) is 10.1. The van der Waals surface area contributed by atoms with Gasteiger partial charge in [-0.25, -0.2) is 4.98 Å². The Hall–Kier alpha value is -0.410. The molecule has 0 radical (unpaired) electrons. The summed E-state index contributed by atoms with van der Waals surface area (Å²) in [4.78, 5) is 4.26. The maximum Gasteiger partial charge on any atom is 0.0794 e. The second-order valence-electron chi connectivity index (χ2n) is 3.86. The lowest BCUT2D eigenvalue weighted by Gasteiger charge is -2.19. The van der Waals surface area contributed by atoms with Crippen molar-refractivity contribution >= 4 is 11.3 Å². The second kappa shape index (κ2) is 6.14. The topological polar surface area (TPSA) is 24.9 Å². The van der Waals surface area contributed by atoms with Crippen LogP contribution in [0, 0.1) is 5.92 Å². The molecule has 0 aromatic carbocycles. The van der Waals surface area contributed by atoms with Crippen LogP contribution in [0.4, 0.5) is 0 Å². The predicted molar refractivity (Wildman–Crippen MR) is 62.7 cm³/mol. The Morgan fingerprint density at radius 1 is 1.50 bits per heavy atom. The zero-order chi connectivity index (χ0) is 10.4. The molecule has 0 aliphatic carbocycles. The van der Waals surface area contributed by atoms with E-state index in [9.17, 15) is 0 Å². The molecule has 1 rings (SSSR count). The van der Waals surface area contributed by atoms with Crippen molar-refractivity contribution in [3.05, 3.63) is 16.6 Å². The van der Waals surface area contributed by atoms with Crippen molar-refractivity contribution in [2.24, 2.45) is 5.92 Å². The zero-order valence-electron chi connectivity index (χ0n) is 9.29. The van der Waals surface area contributed by atoms with Crippen LogP contribution in [0.25, 0.3) is 0 Å². The third-order valence-electron chi connectivity index (χ3n) is 2.83. The molecule has 0 aliphatic rings. The molecule has 0 fully saturated rings. The van der Waals surface area contributed by atoms with Gasteiger partial charge < -0.3 is 5.32 Å². The van der Waals surface area contributed by atoms with Gasteiger partial charge in [-0.15, -0.1) is 11.3 Å². The Morgan fingerprint density at radius 3 is 2.86 bits per heavy atom. The van der Waals surface area contributed by atoms with E-state index in [1.54, 1.807) is 11.3 Å². The van der Waals surface area contributed by atoms with E-state index in [4.69, 9.17) is 0 Å². The van der Waals surface area contributed by atoms with Crippen LogP contribution in [-0.2, 0) is 6.42 Å². The predicted octanol–water partition coefficient (Wildman–Crippen LogP) is 2.71. The molecule has 1 aromatic rings. The summed E-state index contributed by atoms with van der Waals surface area (Å²) in [6.07, 6.45) is 2.29. The number of rotatable bonds is 6. The SMILES string of the molecule is CCC(C)C(C)NCCc1cscn1. The summed E-state index contributed by atoms with van der Waals surface area (Å²) in [5.74, 6) is 0.755. The van der Waals surface area contributed by atoms with Crippen LogP contribution < -0.4 is 5.32 Å². The van der Waals surface area contributed by atoms with Gasteiger partial charge in [0, 0.05) is 24.4 Å². The summed E-state index contributed by atoms with van der Waals surface area (Å²) in [7, 11) is 0. The maximum atomic E-state index is 4.26. The summed E-state index contributed by atoms with van der Waals surface area (Å²) in [5.41, 5.74) is 3.10. The molecule has 2 nitrogen and oxygen atoms in total. The molecule has 80 valence electrons. The van der Waals surface area contributed by atoms with Crippen molar-refractivity contribution in [2.75, 3.05) is 6.54 Å². The number of nitrogens with zero attached hydrogens (tertiary/aromatic N) is 1. The molecule has 0 aliphatic heterocycles. The highest BCUT2D eigenvalue weighted by Crippen LogP contribution is 2.07. The summed E-state index contributed by atoms with van der Waals surface area (Å²) < 4.78 is 0. The molecule has 0 bridgehead atoms. The highest BCUT2D eigenvalue weighted by atomic mass is 32.1. The minimum atomic E-state index is 0.610. The molecule has 1 heterocycles. The number of aromatic nitrogens is 1. The van der Waals surface area contributed by atoms with Crippen molar-refractivity contribution < 1.29 is 0 Å². The first kappa shape index (κ1) is 11.7. The minimum Gasteiger partial charge on any atom is -0.314 e. The van der Waals surface area contributed by atoms with Crippen LogP contribution in [0.3, 0.4) is 0 Å². The van der Waals surface area contributed by atoms with E-state index in [1.807, 2.05) is 5.51 Å². The molecule has 2 atom stereocenters. The molecule has 1 N–H and O–H groups in total. The molecular formula is C11H20N2S. The Labute approximate surface area is 90.8 Å². The van der Waals surface area contributed by atoms with Crippen molar-refractivity contribution in [3.63, 3.8) is 0 Å². The molecule has 1 aromatic heterocycles. The lowest BCUT2D eigenvalue weighted by molar-refractivity contribution is 0.392. The number of thiazole rings is 1.